The molecule has 0 bridgehead atoms. The van der Waals surface area contributed by atoms with Crippen molar-refractivity contribution in [1.29, 1.82) is 0 Å². The molecule has 2 heterocycles. The SMILES string of the molecule is Cc1ccc(/C=C/C(=O)N2CCOC(c3ccccc3)C2)o1. The first-order valence-electron chi connectivity index (χ1n) is 7.42. The summed E-state index contributed by atoms with van der Waals surface area (Å²) in [5.41, 5.74) is 1.10. The van der Waals surface area contributed by atoms with Crippen LogP contribution in [-0.2, 0) is 9.53 Å². The van der Waals surface area contributed by atoms with Crippen molar-refractivity contribution in [3.05, 3.63) is 65.6 Å². The lowest BCUT2D eigenvalue weighted by atomic mass is 10.1. The summed E-state index contributed by atoms with van der Waals surface area (Å²) in [5, 5.41) is 0. The summed E-state index contributed by atoms with van der Waals surface area (Å²) in [4.78, 5) is 14.1. The van der Waals surface area contributed by atoms with Crippen LogP contribution in [0.1, 0.15) is 23.2 Å². The number of hydrogen-bond donors (Lipinski definition) is 0. The van der Waals surface area contributed by atoms with Crippen molar-refractivity contribution in [2.45, 2.75) is 13.0 Å². The highest BCUT2D eigenvalue weighted by Crippen LogP contribution is 2.22. The molecular formula is C18H19NO3. The number of benzene rings is 1. The summed E-state index contributed by atoms with van der Waals surface area (Å²) < 4.78 is 11.2. The van der Waals surface area contributed by atoms with Crippen LogP contribution in [0.4, 0.5) is 0 Å². The van der Waals surface area contributed by atoms with Gasteiger partial charge in [-0.05, 0) is 30.7 Å². The standard InChI is InChI=1S/C18H19NO3/c1-14-7-8-16(22-14)9-10-18(20)19-11-12-21-17(13-19)15-5-3-2-4-6-15/h2-10,17H,11-13H2,1H3/b10-9+. The summed E-state index contributed by atoms with van der Waals surface area (Å²) in [5.74, 6) is 1.51. The predicted molar refractivity (Wildman–Crippen MR) is 84.2 cm³/mol. The van der Waals surface area contributed by atoms with E-state index in [1.165, 1.54) is 0 Å². The minimum atomic E-state index is -0.0573. The number of amides is 1. The molecule has 1 unspecified atom stereocenters. The highest BCUT2D eigenvalue weighted by molar-refractivity contribution is 5.91. The molecule has 0 saturated carbocycles. The van der Waals surface area contributed by atoms with Crippen molar-refractivity contribution in [2.75, 3.05) is 19.7 Å². The van der Waals surface area contributed by atoms with Gasteiger partial charge in [-0.1, -0.05) is 30.3 Å². The maximum absolute atomic E-state index is 12.3. The highest BCUT2D eigenvalue weighted by atomic mass is 16.5. The van der Waals surface area contributed by atoms with Crippen molar-refractivity contribution in [1.82, 2.24) is 4.90 Å². The number of aryl methyl sites for hydroxylation is 1. The summed E-state index contributed by atoms with van der Waals surface area (Å²) in [7, 11) is 0. The van der Waals surface area contributed by atoms with Crippen LogP contribution < -0.4 is 0 Å². The Hall–Kier alpha value is -2.33. The van der Waals surface area contributed by atoms with Crippen molar-refractivity contribution in [2.24, 2.45) is 0 Å². The van der Waals surface area contributed by atoms with Crippen LogP contribution in [0.5, 0.6) is 0 Å². The Bertz CT molecular complexity index is 660. The Kier molecular flexibility index (Phi) is 4.39. The first-order valence-corrected chi connectivity index (χ1v) is 7.42. The molecule has 1 fully saturated rings. The van der Waals surface area contributed by atoms with E-state index in [4.69, 9.17) is 9.15 Å². The third-order valence-electron chi connectivity index (χ3n) is 3.70. The first kappa shape index (κ1) is 14.6. The molecule has 4 nitrogen and oxygen atoms in total. The smallest absolute Gasteiger partial charge is 0.246 e. The topological polar surface area (TPSA) is 42.7 Å². The molecule has 0 N–H and O–H groups in total. The van der Waals surface area contributed by atoms with E-state index in [2.05, 4.69) is 0 Å². The molecule has 3 rings (SSSR count). The summed E-state index contributed by atoms with van der Waals surface area (Å²) >= 11 is 0. The second-order valence-electron chi connectivity index (χ2n) is 5.34. The Morgan fingerprint density at radius 2 is 2.05 bits per heavy atom. The predicted octanol–water partition coefficient (Wildman–Crippen LogP) is 3.20. The molecule has 1 atom stereocenters. The number of rotatable bonds is 3. The normalized spacial score (nSPS) is 18.8. The molecule has 0 spiro atoms. The van der Waals surface area contributed by atoms with Gasteiger partial charge < -0.3 is 14.1 Å². The summed E-state index contributed by atoms with van der Waals surface area (Å²) in [6.07, 6.45) is 3.21. The molecule has 1 aliphatic rings. The number of morpholine rings is 1. The maximum Gasteiger partial charge on any atom is 0.246 e. The number of furan rings is 1. The monoisotopic (exact) mass is 297 g/mol. The van der Waals surface area contributed by atoms with Crippen LogP contribution >= 0.6 is 0 Å². The fourth-order valence-electron chi connectivity index (χ4n) is 2.52. The van der Waals surface area contributed by atoms with Crippen molar-refractivity contribution < 1.29 is 13.9 Å². The number of ether oxygens (including phenoxy) is 1. The van der Waals surface area contributed by atoms with Gasteiger partial charge in [-0.25, -0.2) is 0 Å². The van der Waals surface area contributed by atoms with Gasteiger partial charge in [0.25, 0.3) is 0 Å². The first-order chi connectivity index (χ1) is 10.7. The zero-order valence-corrected chi connectivity index (χ0v) is 12.6. The molecule has 22 heavy (non-hydrogen) atoms. The van der Waals surface area contributed by atoms with Crippen LogP contribution in [0.15, 0.2) is 53.0 Å². The minimum absolute atomic E-state index is 0.0155. The molecule has 114 valence electrons. The molecule has 1 saturated heterocycles. The molecule has 1 aromatic carbocycles. The number of carbonyl (C=O) groups excluding carboxylic acids is 1. The van der Waals surface area contributed by atoms with Crippen molar-refractivity contribution in [3.8, 4) is 0 Å². The summed E-state index contributed by atoms with van der Waals surface area (Å²) in [6, 6.07) is 13.7. The van der Waals surface area contributed by atoms with E-state index in [-0.39, 0.29) is 12.0 Å². The molecule has 0 radical (unpaired) electrons. The second kappa shape index (κ2) is 6.62. The van der Waals surface area contributed by atoms with E-state index < -0.39 is 0 Å². The third kappa shape index (κ3) is 3.46. The van der Waals surface area contributed by atoms with Crippen LogP contribution in [-0.4, -0.2) is 30.5 Å². The van der Waals surface area contributed by atoms with Crippen LogP contribution in [0.3, 0.4) is 0 Å². The molecular weight excluding hydrogens is 278 g/mol. The highest BCUT2D eigenvalue weighted by Gasteiger charge is 2.24. The average molecular weight is 297 g/mol. The number of nitrogens with zero attached hydrogens (tertiary/aromatic N) is 1. The summed E-state index contributed by atoms with van der Waals surface area (Å²) in [6.45, 7) is 3.62. The van der Waals surface area contributed by atoms with E-state index >= 15 is 0 Å². The molecule has 1 aromatic heterocycles. The molecule has 0 aliphatic carbocycles. The minimum Gasteiger partial charge on any atom is -0.462 e. The van der Waals surface area contributed by atoms with Crippen molar-refractivity contribution in [3.63, 3.8) is 0 Å². The van der Waals surface area contributed by atoms with Crippen LogP contribution in [0, 0.1) is 6.92 Å². The lowest BCUT2D eigenvalue weighted by Gasteiger charge is -2.32. The largest absolute Gasteiger partial charge is 0.462 e. The van der Waals surface area contributed by atoms with E-state index in [1.54, 1.807) is 12.2 Å². The van der Waals surface area contributed by atoms with Crippen LogP contribution in [0.2, 0.25) is 0 Å². The zero-order valence-electron chi connectivity index (χ0n) is 12.6. The van der Waals surface area contributed by atoms with E-state index in [1.807, 2.05) is 54.3 Å². The van der Waals surface area contributed by atoms with Gasteiger partial charge in [-0.15, -0.1) is 0 Å². The fourth-order valence-corrected chi connectivity index (χ4v) is 2.52. The number of hydrogen-bond acceptors (Lipinski definition) is 3. The average Bonchev–Trinajstić information content (AvgIpc) is 2.99. The van der Waals surface area contributed by atoms with Gasteiger partial charge in [0.15, 0.2) is 0 Å². The second-order valence-corrected chi connectivity index (χ2v) is 5.34. The maximum atomic E-state index is 12.3. The zero-order chi connectivity index (χ0) is 15.4. The van der Waals surface area contributed by atoms with Gasteiger partial charge in [-0.3, -0.25) is 4.79 Å². The number of carbonyl (C=O) groups is 1. The van der Waals surface area contributed by atoms with E-state index in [0.717, 1.165) is 11.3 Å². The van der Waals surface area contributed by atoms with Gasteiger partial charge in [-0.2, -0.15) is 0 Å². The Balaban J connectivity index is 1.64. The van der Waals surface area contributed by atoms with Crippen LogP contribution in [0.25, 0.3) is 6.08 Å². The van der Waals surface area contributed by atoms with Gasteiger partial charge in [0.1, 0.15) is 17.6 Å². The fraction of sp³-hybridized carbons (Fsp3) is 0.278. The van der Waals surface area contributed by atoms with E-state index in [0.29, 0.717) is 25.5 Å². The van der Waals surface area contributed by atoms with Gasteiger partial charge >= 0.3 is 0 Å². The molecule has 4 heteroatoms. The quantitative estimate of drug-likeness (QED) is 0.817. The molecule has 1 aliphatic heterocycles. The van der Waals surface area contributed by atoms with Gasteiger partial charge in [0, 0.05) is 12.6 Å². The lowest BCUT2D eigenvalue weighted by molar-refractivity contribution is -0.133. The van der Waals surface area contributed by atoms with Crippen molar-refractivity contribution >= 4 is 12.0 Å². The Morgan fingerprint density at radius 1 is 1.23 bits per heavy atom. The van der Waals surface area contributed by atoms with Gasteiger partial charge in [0.05, 0.1) is 13.2 Å². The van der Waals surface area contributed by atoms with Gasteiger partial charge in [0.2, 0.25) is 5.91 Å². The molecule has 1 amide bonds. The third-order valence-corrected chi connectivity index (χ3v) is 3.70. The molecule has 2 aromatic rings. The lowest BCUT2D eigenvalue weighted by Crippen LogP contribution is -2.41. The van der Waals surface area contributed by atoms with E-state index in [9.17, 15) is 4.79 Å². The Labute approximate surface area is 130 Å². The Morgan fingerprint density at radius 3 is 2.77 bits per heavy atom.